The molecule has 0 aliphatic heterocycles. The van der Waals surface area contributed by atoms with E-state index < -0.39 is 0 Å². The zero-order valence-corrected chi connectivity index (χ0v) is 22.2. The Labute approximate surface area is 226 Å². The van der Waals surface area contributed by atoms with Crippen molar-refractivity contribution in [1.82, 2.24) is 30.0 Å². The van der Waals surface area contributed by atoms with Crippen molar-refractivity contribution in [3.63, 3.8) is 0 Å². The molecule has 3 heterocycles. The van der Waals surface area contributed by atoms with E-state index in [0.717, 1.165) is 65.3 Å². The molecule has 2 saturated carbocycles. The number of benzene rings is 2. The maximum Gasteiger partial charge on any atom is 0.246 e. The first-order valence-electron chi connectivity index (χ1n) is 13.8. The number of aromatic nitrogens is 5. The van der Waals surface area contributed by atoms with Crippen molar-refractivity contribution in [2.75, 3.05) is 6.54 Å². The van der Waals surface area contributed by atoms with Crippen LogP contribution in [-0.2, 0) is 13.6 Å². The molecule has 0 saturated heterocycles. The second-order valence-electron chi connectivity index (χ2n) is 11.1. The fourth-order valence-corrected chi connectivity index (χ4v) is 5.49. The molecular formula is C31H31FN6O. The van der Waals surface area contributed by atoms with Crippen LogP contribution in [0.3, 0.4) is 0 Å². The summed E-state index contributed by atoms with van der Waals surface area (Å²) in [5, 5.41) is 11.9. The fourth-order valence-electron chi connectivity index (χ4n) is 5.49. The third kappa shape index (κ3) is 4.74. The van der Waals surface area contributed by atoms with E-state index >= 15 is 0 Å². The number of nitrogens with zero attached hydrogens (tertiary/aromatic N) is 5. The molecule has 0 amide bonds. The summed E-state index contributed by atoms with van der Waals surface area (Å²) in [6.45, 7) is 3.96. The van der Waals surface area contributed by atoms with Gasteiger partial charge in [-0.2, -0.15) is 0 Å². The lowest BCUT2D eigenvalue weighted by Crippen LogP contribution is -2.26. The molecule has 1 N–H and O–H groups in total. The molecule has 5 aromatic rings. The number of aryl methyl sites for hydroxylation is 2. The lowest BCUT2D eigenvalue weighted by molar-refractivity contribution is 0.301. The molecule has 0 spiro atoms. The average Bonchev–Trinajstić information content (AvgIpc) is 3.52. The molecule has 0 unspecified atom stereocenters. The molecule has 7 nitrogen and oxygen atoms in total. The molecule has 0 bridgehead atoms. The standard InChI is InChI=1S/C31H31FN6O/c1-18-10-20(16-33-15-19-4-3-5-19)11-27-29(18)39-31(36-27)28-13-22(12-26(35-28)21-6-7-21)24-9-8-23(32)14-25(24)30-37-34-17-38(30)2/h8-14,17,19,21,33H,3-7,15-16H2,1-2H3. The van der Waals surface area contributed by atoms with Crippen LogP contribution in [0.15, 0.2) is 53.2 Å². The minimum atomic E-state index is -0.319. The highest BCUT2D eigenvalue weighted by molar-refractivity contribution is 5.84. The van der Waals surface area contributed by atoms with Gasteiger partial charge in [0, 0.05) is 30.8 Å². The number of rotatable bonds is 8. The van der Waals surface area contributed by atoms with Gasteiger partial charge in [0.2, 0.25) is 5.89 Å². The first kappa shape index (κ1) is 24.2. The summed E-state index contributed by atoms with van der Waals surface area (Å²) in [4.78, 5) is 9.86. The van der Waals surface area contributed by atoms with Gasteiger partial charge in [0.15, 0.2) is 11.4 Å². The van der Waals surface area contributed by atoms with Crippen LogP contribution >= 0.6 is 0 Å². The predicted molar refractivity (Wildman–Crippen MR) is 148 cm³/mol. The summed E-state index contributed by atoms with van der Waals surface area (Å²) < 4.78 is 22.5. The van der Waals surface area contributed by atoms with Gasteiger partial charge in [-0.15, -0.1) is 10.2 Å². The molecule has 2 aromatic carbocycles. The van der Waals surface area contributed by atoms with E-state index in [-0.39, 0.29) is 5.82 Å². The number of hydrogen-bond acceptors (Lipinski definition) is 6. The Morgan fingerprint density at radius 2 is 1.90 bits per heavy atom. The van der Waals surface area contributed by atoms with E-state index in [1.54, 1.807) is 17.0 Å². The Balaban J connectivity index is 1.28. The largest absolute Gasteiger partial charge is 0.434 e. The summed E-state index contributed by atoms with van der Waals surface area (Å²) in [5.74, 6) is 2.02. The Kier molecular flexibility index (Phi) is 6.00. The SMILES string of the molecule is Cc1cc(CNCC2CCC2)cc2nc(-c3cc(-c4ccc(F)cc4-c4nncn4C)cc(C4CC4)n3)oc12. The predicted octanol–water partition coefficient (Wildman–Crippen LogP) is 6.57. The summed E-state index contributed by atoms with van der Waals surface area (Å²) >= 11 is 0. The normalized spacial score (nSPS) is 15.7. The zero-order chi connectivity index (χ0) is 26.5. The molecule has 39 heavy (non-hydrogen) atoms. The summed E-state index contributed by atoms with van der Waals surface area (Å²) in [6.07, 6.45) is 7.88. The number of pyridine rings is 1. The number of halogens is 1. The molecular weight excluding hydrogens is 491 g/mol. The second-order valence-corrected chi connectivity index (χ2v) is 11.1. The van der Waals surface area contributed by atoms with Crippen LogP contribution in [0.4, 0.5) is 4.39 Å². The lowest BCUT2D eigenvalue weighted by atomic mass is 9.85. The van der Waals surface area contributed by atoms with Crippen LogP contribution in [-0.4, -0.2) is 31.3 Å². The van der Waals surface area contributed by atoms with Crippen molar-refractivity contribution >= 4 is 11.1 Å². The van der Waals surface area contributed by atoms with Crippen LogP contribution in [0.25, 0.3) is 45.2 Å². The minimum Gasteiger partial charge on any atom is -0.434 e. The van der Waals surface area contributed by atoms with Gasteiger partial charge in [0.1, 0.15) is 23.4 Å². The Morgan fingerprint density at radius 1 is 1.03 bits per heavy atom. The van der Waals surface area contributed by atoms with E-state index in [1.165, 1.54) is 37.0 Å². The first-order valence-corrected chi connectivity index (χ1v) is 13.8. The molecule has 198 valence electrons. The molecule has 7 rings (SSSR count). The van der Waals surface area contributed by atoms with Gasteiger partial charge in [-0.1, -0.05) is 18.6 Å². The smallest absolute Gasteiger partial charge is 0.246 e. The summed E-state index contributed by atoms with van der Waals surface area (Å²) in [6, 6.07) is 13.2. The average molecular weight is 523 g/mol. The number of oxazole rings is 1. The van der Waals surface area contributed by atoms with E-state index in [9.17, 15) is 4.39 Å². The number of hydrogen-bond donors (Lipinski definition) is 1. The van der Waals surface area contributed by atoms with Crippen molar-refractivity contribution in [2.45, 2.75) is 51.5 Å². The first-order chi connectivity index (χ1) is 19.0. The highest BCUT2D eigenvalue weighted by Crippen LogP contribution is 2.42. The zero-order valence-electron chi connectivity index (χ0n) is 22.2. The molecule has 8 heteroatoms. The van der Waals surface area contributed by atoms with Crippen LogP contribution in [0.2, 0.25) is 0 Å². The highest BCUT2D eigenvalue weighted by Gasteiger charge is 2.27. The topological polar surface area (TPSA) is 81.7 Å². The fraction of sp³-hybridized carbons (Fsp3) is 0.355. The Bertz CT molecular complexity index is 1680. The van der Waals surface area contributed by atoms with E-state index in [2.05, 4.69) is 40.6 Å². The van der Waals surface area contributed by atoms with Crippen LogP contribution in [0, 0.1) is 18.7 Å². The quantitative estimate of drug-likeness (QED) is 0.248. The highest BCUT2D eigenvalue weighted by atomic mass is 19.1. The molecule has 2 fully saturated rings. The van der Waals surface area contributed by atoms with Crippen LogP contribution in [0.5, 0.6) is 0 Å². The molecule has 2 aliphatic carbocycles. The van der Waals surface area contributed by atoms with E-state index in [4.69, 9.17) is 14.4 Å². The van der Waals surface area contributed by atoms with Crippen molar-refractivity contribution in [3.05, 3.63) is 71.4 Å². The Hall–Kier alpha value is -3.91. The van der Waals surface area contributed by atoms with Gasteiger partial charge in [-0.05, 0) is 97.7 Å². The van der Waals surface area contributed by atoms with Crippen molar-refractivity contribution in [1.29, 1.82) is 0 Å². The monoisotopic (exact) mass is 522 g/mol. The van der Waals surface area contributed by atoms with Gasteiger partial charge < -0.3 is 14.3 Å². The third-order valence-electron chi connectivity index (χ3n) is 8.03. The summed E-state index contributed by atoms with van der Waals surface area (Å²) in [7, 11) is 1.86. The van der Waals surface area contributed by atoms with Crippen molar-refractivity contribution in [3.8, 4) is 34.1 Å². The summed E-state index contributed by atoms with van der Waals surface area (Å²) in [5.41, 5.74) is 8.07. The lowest BCUT2D eigenvalue weighted by Gasteiger charge is -2.25. The van der Waals surface area contributed by atoms with Gasteiger partial charge in [0.05, 0.1) is 0 Å². The Morgan fingerprint density at radius 3 is 2.64 bits per heavy atom. The number of fused-ring (bicyclic) bond motifs is 1. The van der Waals surface area contributed by atoms with Gasteiger partial charge in [0.25, 0.3) is 0 Å². The maximum absolute atomic E-state index is 14.4. The molecule has 0 radical (unpaired) electrons. The van der Waals surface area contributed by atoms with E-state index in [1.807, 2.05) is 13.1 Å². The van der Waals surface area contributed by atoms with Crippen LogP contribution < -0.4 is 5.32 Å². The minimum absolute atomic E-state index is 0.319. The van der Waals surface area contributed by atoms with E-state index in [0.29, 0.717) is 28.9 Å². The van der Waals surface area contributed by atoms with Gasteiger partial charge in [-0.25, -0.2) is 14.4 Å². The maximum atomic E-state index is 14.4. The molecule has 3 aromatic heterocycles. The van der Waals surface area contributed by atoms with Crippen LogP contribution in [0.1, 0.15) is 54.8 Å². The second kappa shape index (κ2) is 9.68. The van der Waals surface area contributed by atoms with Gasteiger partial charge in [-0.3, -0.25) is 0 Å². The van der Waals surface area contributed by atoms with Crippen molar-refractivity contribution in [2.24, 2.45) is 13.0 Å². The van der Waals surface area contributed by atoms with Gasteiger partial charge >= 0.3 is 0 Å². The third-order valence-corrected chi connectivity index (χ3v) is 8.03. The number of nitrogens with one attached hydrogen (secondary N) is 1. The molecule has 2 aliphatic rings. The van der Waals surface area contributed by atoms with Crippen molar-refractivity contribution < 1.29 is 8.81 Å². The molecule has 0 atom stereocenters.